The largest absolute Gasteiger partial charge is 0.427 e. The third kappa shape index (κ3) is 4.47. The zero-order chi connectivity index (χ0) is 23.8. The highest BCUT2D eigenvalue weighted by Crippen LogP contribution is 2.44. The normalized spacial score (nSPS) is 13.5. The minimum absolute atomic E-state index is 0.118. The van der Waals surface area contributed by atoms with Gasteiger partial charge in [0.05, 0.1) is 16.4 Å². The first-order valence-electron chi connectivity index (χ1n) is 9.40. The van der Waals surface area contributed by atoms with Crippen molar-refractivity contribution in [3.63, 3.8) is 0 Å². The van der Waals surface area contributed by atoms with Crippen LogP contribution in [-0.4, -0.2) is 32.5 Å². The first-order chi connectivity index (χ1) is 15.6. The summed E-state index contributed by atoms with van der Waals surface area (Å²) in [5.74, 6) is -0.460. The van der Waals surface area contributed by atoms with Crippen molar-refractivity contribution in [3.05, 3.63) is 77.4 Å². The number of aliphatic hydroxyl groups is 1. The number of thiazole rings is 1. The fourth-order valence-electron chi connectivity index (χ4n) is 3.09. The average molecular weight is 477 g/mol. The lowest BCUT2D eigenvalue weighted by Gasteiger charge is -2.30. The molecule has 2 aromatic heterocycles. The number of aryl methyl sites for hydroxylation is 1. The Morgan fingerprint density at radius 3 is 2.45 bits per heavy atom. The van der Waals surface area contributed by atoms with Crippen LogP contribution in [0, 0.1) is 12.7 Å². The van der Waals surface area contributed by atoms with E-state index in [0.717, 1.165) is 29.5 Å². The SMILES string of the molecule is Cc1cnnc([C@@](O)(c2ccc3nc(NC(=O)Nc4ccc(F)cc4)sc3c2)C(F)(F)F)c1. The van der Waals surface area contributed by atoms with E-state index in [1.54, 1.807) is 0 Å². The van der Waals surface area contributed by atoms with E-state index in [4.69, 9.17) is 0 Å². The van der Waals surface area contributed by atoms with E-state index in [1.165, 1.54) is 43.5 Å². The molecule has 1 atom stereocenters. The molecule has 33 heavy (non-hydrogen) atoms. The fourth-order valence-corrected chi connectivity index (χ4v) is 3.99. The molecule has 0 aliphatic heterocycles. The zero-order valence-electron chi connectivity index (χ0n) is 16.8. The summed E-state index contributed by atoms with van der Waals surface area (Å²) >= 11 is 0.920. The van der Waals surface area contributed by atoms with E-state index in [2.05, 4.69) is 25.8 Å². The van der Waals surface area contributed by atoms with Gasteiger partial charge in [-0.15, -0.1) is 0 Å². The van der Waals surface area contributed by atoms with Crippen molar-refractivity contribution in [2.75, 3.05) is 10.6 Å². The third-order valence-corrected chi connectivity index (χ3v) is 5.63. The van der Waals surface area contributed by atoms with E-state index in [-0.39, 0.29) is 5.13 Å². The van der Waals surface area contributed by atoms with Crippen LogP contribution in [0.3, 0.4) is 0 Å². The van der Waals surface area contributed by atoms with Crippen molar-refractivity contribution >= 4 is 38.4 Å². The van der Waals surface area contributed by atoms with Gasteiger partial charge in [-0.05, 0) is 55.0 Å². The Balaban J connectivity index is 1.64. The van der Waals surface area contributed by atoms with Crippen LogP contribution in [-0.2, 0) is 5.60 Å². The van der Waals surface area contributed by atoms with Crippen LogP contribution >= 0.6 is 11.3 Å². The number of nitrogens with zero attached hydrogens (tertiary/aromatic N) is 3. The zero-order valence-corrected chi connectivity index (χ0v) is 17.6. The van der Waals surface area contributed by atoms with Gasteiger partial charge in [-0.25, -0.2) is 14.2 Å². The van der Waals surface area contributed by atoms with Crippen molar-refractivity contribution < 1.29 is 27.5 Å². The molecule has 7 nitrogen and oxygen atoms in total. The average Bonchev–Trinajstić information content (AvgIpc) is 3.15. The van der Waals surface area contributed by atoms with Crippen LogP contribution < -0.4 is 10.6 Å². The molecule has 0 unspecified atom stereocenters. The molecular formula is C21H15F4N5O2S. The second-order valence-corrected chi connectivity index (χ2v) is 8.14. The predicted molar refractivity (Wildman–Crippen MR) is 114 cm³/mol. The summed E-state index contributed by atoms with van der Waals surface area (Å²) in [5.41, 5.74) is -3.45. The molecule has 0 radical (unpaired) electrons. The summed E-state index contributed by atoms with van der Waals surface area (Å²) in [6, 6.07) is 9.09. The first kappa shape index (κ1) is 22.6. The summed E-state index contributed by atoms with van der Waals surface area (Å²) < 4.78 is 55.3. The number of hydrogen-bond donors (Lipinski definition) is 3. The summed E-state index contributed by atoms with van der Waals surface area (Å²) in [4.78, 5) is 16.3. The molecule has 0 saturated heterocycles. The van der Waals surface area contributed by atoms with Crippen LogP contribution in [0.1, 0.15) is 16.8 Å². The van der Waals surface area contributed by atoms with Gasteiger partial charge in [0.15, 0.2) is 5.13 Å². The quantitative estimate of drug-likeness (QED) is 0.360. The van der Waals surface area contributed by atoms with Crippen LogP contribution in [0.25, 0.3) is 10.2 Å². The highest BCUT2D eigenvalue weighted by atomic mass is 32.1. The van der Waals surface area contributed by atoms with Gasteiger partial charge >= 0.3 is 12.2 Å². The Labute approximate surface area is 188 Å². The van der Waals surface area contributed by atoms with E-state index < -0.39 is 34.9 Å². The molecule has 0 bridgehead atoms. The lowest BCUT2D eigenvalue weighted by Crippen LogP contribution is -2.44. The Hall–Kier alpha value is -3.64. The lowest BCUT2D eigenvalue weighted by molar-refractivity contribution is -0.250. The second kappa shape index (κ2) is 8.37. The summed E-state index contributed by atoms with van der Waals surface area (Å²) in [6.45, 7) is 1.54. The lowest BCUT2D eigenvalue weighted by atomic mass is 9.89. The fraction of sp³-hybridized carbons (Fsp3) is 0.143. The van der Waals surface area contributed by atoms with E-state index in [9.17, 15) is 27.5 Å². The Bertz CT molecular complexity index is 1330. The number of urea groups is 1. The van der Waals surface area contributed by atoms with Crippen molar-refractivity contribution in [1.82, 2.24) is 15.2 Å². The first-order valence-corrected chi connectivity index (χ1v) is 10.2. The van der Waals surface area contributed by atoms with Gasteiger partial charge in [-0.1, -0.05) is 17.4 Å². The molecule has 0 fully saturated rings. The van der Waals surface area contributed by atoms with Crippen LogP contribution in [0.15, 0.2) is 54.7 Å². The van der Waals surface area contributed by atoms with Crippen molar-refractivity contribution in [2.24, 2.45) is 0 Å². The molecule has 0 aliphatic rings. The Kier molecular flexibility index (Phi) is 5.72. The summed E-state index contributed by atoms with van der Waals surface area (Å²) in [6.07, 6.45) is -3.80. The van der Waals surface area contributed by atoms with Crippen molar-refractivity contribution in [2.45, 2.75) is 18.7 Å². The van der Waals surface area contributed by atoms with Gasteiger partial charge in [0.25, 0.3) is 0 Å². The second-order valence-electron chi connectivity index (χ2n) is 7.11. The molecule has 0 spiro atoms. The van der Waals surface area contributed by atoms with Crippen LogP contribution in [0.5, 0.6) is 0 Å². The number of aromatic nitrogens is 3. The number of carbonyl (C=O) groups is 1. The molecule has 0 aliphatic carbocycles. The maximum absolute atomic E-state index is 14.0. The number of nitrogens with one attached hydrogen (secondary N) is 2. The van der Waals surface area contributed by atoms with Crippen molar-refractivity contribution in [3.8, 4) is 0 Å². The smallest absolute Gasteiger partial charge is 0.371 e. The van der Waals surface area contributed by atoms with Gasteiger partial charge < -0.3 is 10.4 Å². The molecule has 170 valence electrons. The molecule has 2 aromatic carbocycles. The molecule has 3 N–H and O–H groups in total. The van der Waals surface area contributed by atoms with Gasteiger partial charge in [0, 0.05) is 11.3 Å². The topological polar surface area (TPSA) is 100 Å². The molecule has 2 heterocycles. The Morgan fingerprint density at radius 1 is 1.06 bits per heavy atom. The molecular weight excluding hydrogens is 462 g/mol. The number of fused-ring (bicyclic) bond motifs is 1. The standard InChI is InChI=1S/C21H15F4N5O2S/c1-11-8-17(30-26-10-11)20(32,21(23,24)25)12-2-7-15-16(9-12)33-19(28-15)29-18(31)27-14-5-3-13(22)4-6-14/h2-10,32H,1H3,(H2,27,28,29,31)/t20-/m0/s1. The number of carbonyl (C=O) groups excluding carboxylic acids is 1. The number of alkyl halides is 3. The summed E-state index contributed by atoms with van der Waals surface area (Å²) in [5, 5.41) is 22.9. The molecule has 2 amide bonds. The number of rotatable bonds is 4. The predicted octanol–water partition coefficient (Wildman–Crippen LogP) is 4.98. The summed E-state index contributed by atoms with van der Waals surface area (Å²) in [7, 11) is 0. The maximum atomic E-state index is 14.0. The van der Waals surface area contributed by atoms with Gasteiger partial charge in [-0.3, -0.25) is 5.32 Å². The minimum atomic E-state index is -5.08. The van der Waals surface area contributed by atoms with Gasteiger partial charge in [0.1, 0.15) is 11.5 Å². The molecule has 0 saturated carbocycles. The van der Waals surface area contributed by atoms with Gasteiger partial charge in [-0.2, -0.15) is 23.4 Å². The molecule has 12 heteroatoms. The highest BCUT2D eigenvalue weighted by Gasteiger charge is 2.58. The van der Waals surface area contributed by atoms with Crippen molar-refractivity contribution in [1.29, 1.82) is 0 Å². The Morgan fingerprint density at radius 2 is 1.79 bits per heavy atom. The van der Waals surface area contributed by atoms with Crippen LogP contribution in [0.4, 0.5) is 33.2 Å². The number of anilines is 2. The third-order valence-electron chi connectivity index (χ3n) is 4.70. The maximum Gasteiger partial charge on any atom is 0.427 e. The van der Waals surface area contributed by atoms with E-state index in [1.807, 2.05) is 0 Å². The van der Waals surface area contributed by atoms with E-state index >= 15 is 0 Å². The number of benzene rings is 2. The molecule has 4 aromatic rings. The molecule has 4 rings (SSSR count). The highest BCUT2D eigenvalue weighted by molar-refractivity contribution is 7.22. The van der Waals surface area contributed by atoms with E-state index in [0.29, 0.717) is 21.5 Å². The number of halogens is 4. The monoisotopic (exact) mass is 477 g/mol. The van der Waals surface area contributed by atoms with Gasteiger partial charge in [0.2, 0.25) is 5.60 Å². The number of amides is 2. The number of hydrogen-bond acceptors (Lipinski definition) is 6. The minimum Gasteiger partial charge on any atom is -0.371 e. The van der Waals surface area contributed by atoms with Crippen LogP contribution in [0.2, 0.25) is 0 Å².